The summed E-state index contributed by atoms with van der Waals surface area (Å²) in [6.07, 6.45) is 0. The van der Waals surface area contributed by atoms with Crippen LogP contribution in [-0.4, -0.2) is 54.3 Å². The van der Waals surface area contributed by atoms with Gasteiger partial charge in [0.1, 0.15) is 11.5 Å². The lowest BCUT2D eigenvalue weighted by atomic mass is 10.1. The molecule has 0 unspecified atom stereocenters. The van der Waals surface area contributed by atoms with Crippen molar-refractivity contribution in [2.24, 2.45) is 0 Å². The topological polar surface area (TPSA) is 65.8 Å². The van der Waals surface area contributed by atoms with Crippen LogP contribution in [0, 0.1) is 20.8 Å². The van der Waals surface area contributed by atoms with Crippen molar-refractivity contribution >= 4 is 17.5 Å². The number of amides is 2. The van der Waals surface area contributed by atoms with Gasteiger partial charge >= 0.3 is 0 Å². The SMILES string of the molecule is Cc1oc(C)c(C(=O)N2CCN(CC(=O)Nc3ccccc3)CC2)c1C. The van der Waals surface area contributed by atoms with Gasteiger partial charge in [0.25, 0.3) is 5.91 Å². The van der Waals surface area contributed by atoms with E-state index in [2.05, 4.69) is 10.2 Å². The summed E-state index contributed by atoms with van der Waals surface area (Å²) in [6, 6.07) is 9.43. The number of hydrogen-bond donors (Lipinski definition) is 1. The molecule has 1 aromatic carbocycles. The third-order valence-electron chi connectivity index (χ3n) is 4.86. The van der Waals surface area contributed by atoms with Gasteiger partial charge in [-0.1, -0.05) is 18.2 Å². The Kier molecular flexibility index (Phi) is 5.42. The molecule has 1 saturated heterocycles. The molecule has 0 aliphatic carbocycles. The molecule has 1 N–H and O–H groups in total. The number of nitrogens with zero attached hydrogens (tertiary/aromatic N) is 2. The molecule has 1 aromatic heterocycles. The van der Waals surface area contributed by atoms with Crippen LogP contribution in [0.1, 0.15) is 27.4 Å². The maximum Gasteiger partial charge on any atom is 0.257 e. The summed E-state index contributed by atoms with van der Waals surface area (Å²) in [6.45, 7) is 8.55. The first kappa shape index (κ1) is 18.2. The van der Waals surface area contributed by atoms with E-state index in [4.69, 9.17) is 4.42 Å². The fourth-order valence-corrected chi connectivity index (χ4v) is 3.30. The van der Waals surface area contributed by atoms with Crippen LogP contribution in [0.2, 0.25) is 0 Å². The van der Waals surface area contributed by atoms with Crippen LogP contribution in [0.15, 0.2) is 34.7 Å². The van der Waals surface area contributed by atoms with Crippen LogP contribution in [-0.2, 0) is 4.79 Å². The lowest BCUT2D eigenvalue weighted by Crippen LogP contribution is -2.50. The summed E-state index contributed by atoms with van der Waals surface area (Å²) in [5.41, 5.74) is 2.39. The monoisotopic (exact) mass is 355 g/mol. The number of rotatable bonds is 4. The zero-order valence-electron chi connectivity index (χ0n) is 15.5. The van der Waals surface area contributed by atoms with E-state index in [1.165, 1.54) is 0 Å². The van der Waals surface area contributed by atoms with Crippen LogP contribution >= 0.6 is 0 Å². The number of nitrogens with one attached hydrogen (secondary N) is 1. The molecule has 0 bridgehead atoms. The zero-order chi connectivity index (χ0) is 18.7. The van der Waals surface area contributed by atoms with Crippen molar-refractivity contribution in [2.75, 3.05) is 38.0 Å². The predicted octanol–water partition coefficient (Wildman–Crippen LogP) is 2.60. The van der Waals surface area contributed by atoms with E-state index < -0.39 is 0 Å². The molecule has 2 heterocycles. The number of aryl methyl sites for hydroxylation is 2. The van der Waals surface area contributed by atoms with Crippen LogP contribution < -0.4 is 5.32 Å². The normalized spacial score (nSPS) is 15.1. The fourth-order valence-electron chi connectivity index (χ4n) is 3.30. The Bertz CT molecular complexity index is 790. The first-order valence-electron chi connectivity index (χ1n) is 8.89. The predicted molar refractivity (Wildman–Crippen MR) is 100 cm³/mol. The summed E-state index contributed by atoms with van der Waals surface area (Å²) >= 11 is 0. The minimum atomic E-state index is -0.0341. The molecule has 138 valence electrons. The molecule has 6 nitrogen and oxygen atoms in total. The van der Waals surface area contributed by atoms with Gasteiger partial charge in [-0.05, 0) is 32.9 Å². The van der Waals surface area contributed by atoms with Gasteiger partial charge in [0.2, 0.25) is 5.91 Å². The minimum Gasteiger partial charge on any atom is -0.466 e. The summed E-state index contributed by atoms with van der Waals surface area (Å²) in [5.74, 6) is 1.45. The van der Waals surface area contributed by atoms with E-state index in [1.54, 1.807) is 0 Å². The minimum absolute atomic E-state index is 0.0187. The first-order chi connectivity index (χ1) is 12.5. The third-order valence-corrected chi connectivity index (χ3v) is 4.86. The van der Waals surface area contributed by atoms with Gasteiger partial charge in [-0.25, -0.2) is 0 Å². The third kappa shape index (κ3) is 3.96. The number of furan rings is 1. The Balaban J connectivity index is 1.52. The van der Waals surface area contributed by atoms with E-state index >= 15 is 0 Å². The molecule has 0 radical (unpaired) electrons. The Labute approximate surface area is 153 Å². The summed E-state index contributed by atoms with van der Waals surface area (Å²) in [7, 11) is 0. The number of anilines is 1. The molecule has 1 fully saturated rings. The standard InChI is InChI=1S/C20H25N3O3/c1-14-15(2)26-16(3)19(14)20(25)23-11-9-22(10-12-23)13-18(24)21-17-7-5-4-6-8-17/h4-8H,9-13H2,1-3H3,(H,21,24). The van der Waals surface area contributed by atoms with Crippen LogP contribution in [0.4, 0.5) is 5.69 Å². The number of carbonyl (C=O) groups excluding carboxylic acids is 2. The van der Waals surface area contributed by atoms with Crippen molar-refractivity contribution in [3.05, 3.63) is 53.0 Å². The molecule has 1 aliphatic heterocycles. The number of hydrogen-bond acceptors (Lipinski definition) is 4. The molecule has 0 spiro atoms. The van der Waals surface area contributed by atoms with E-state index in [9.17, 15) is 9.59 Å². The van der Waals surface area contributed by atoms with E-state index in [0.717, 1.165) is 17.0 Å². The van der Waals surface area contributed by atoms with Crippen LogP contribution in [0.25, 0.3) is 0 Å². The number of piperazine rings is 1. The second-order valence-corrected chi connectivity index (χ2v) is 6.70. The molecule has 6 heteroatoms. The second kappa shape index (κ2) is 7.74. The number of benzene rings is 1. The Morgan fingerprint density at radius 2 is 1.65 bits per heavy atom. The fraction of sp³-hybridized carbons (Fsp3) is 0.400. The van der Waals surface area contributed by atoms with Gasteiger partial charge in [0.15, 0.2) is 0 Å². The van der Waals surface area contributed by atoms with E-state index in [1.807, 2.05) is 56.0 Å². The maximum absolute atomic E-state index is 12.8. The van der Waals surface area contributed by atoms with Gasteiger partial charge in [0.05, 0.1) is 12.1 Å². The number of para-hydroxylation sites is 1. The Morgan fingerprint density at radius 1 is 1.00 bits per heavy atom. The average molecular weight is 355 g/mol. The molecule has 0 saturated carbocycles. The molecule has 3 rings (SSSR count). The lowest BCUT2D eigenvalue weighted by Gasteiger charge is -2.34. The Hall–Kier alpha value is -2.60. The molecule has 2 aromatic rings. The largest absolute Gasteiger partial charge is 0.466 e. The smallest absolute Gasteiger partial charge is 0.257 e. The van der Waals surface area contributed by atoms with Crippen molar-refractivity contribution in [3.63, 3.8) is 0 Å². The molecular weight excluding hydrogens is 330 g/mol. The maximum atomic E-state index is 12.8. The molecule has 2 amide bonds. The van der Waals surface area contributed by atoms with Gasteiger partial charge in [-0.15, -0.1) is 0 Å². The zero-order valence-corrected chi connectivity index (χ0v) is 15.5. The quantitative estimate of drug-likeness (QED) is 0.916. The lowest BCUT2D eigenvalue weighted by molar-refractivity contribution is -0.117. The van der Waals surface area contributed by atoms with Crippen molar-refractivity contribution < 1.29 is 14.0 Å². The second-order valence-electron chi connectivity index (χ2n) is 6.70. The highest BCUT2D eigenvalue weighted by atomic mass is 16.3. The first-order valence-corrected chi connectivity index (χ1v) is 8.89. The van der Waals surface area contributed by atoms with Gasteiger partial charge < -0.3 is 14.6 Å². The van der Waals surface area contributed by atoms with E-state index in [-0.39, 0.29) is 11.8 Å². The van der Waals surface area contributed by atoms with Crippen LogP contribution in [0.5, 0.6) is 0 Å². The van der Waals surface area contributed by atoms with Crippen molar-refractivity contribution in [1.82, 2.24) is 9.80 Å². The van der Waals surface area contributed by atoms with Crippen LogP contribution in [0.3, 0.4) is 0 Å². The highest BCUT2D eigenvalue weighted by Gasteiger charge is 2.27. The number of carbonyl (C=O) groups is 2. The van der Waals surface area contributed by atoms with Gasteiger partial charge in [-0.3, -0.25) is 14.5 Å². The van der Waals surface area contributed by atoms with E-state index in [0.29, 0.717) is 44.0 Å². The summed E-state index contributed by atoms with van der Waals surface area (Å²) < 4.78 is 5.58. The van der Waals surface area contributed by atoms with Crippen molar-refractivity contribution in [2.45, 2.75) is 20.8 Å². The molecular formula is C20H25N3O3. The Morgan fingerprint density at radius 3 is 2.23 bits per heavy atom. The molecule has 1 aliphatic rings. The van der Waals surface area contributed by atoms with Gasteiger partial charge in [0, 0.05) is 37.4 Å². The van der Waals surface area contributed by atoms with Crippen molar-refractivity contribution in [1.29, 1.82) is 0 Å². The molecule has 0 atom stereocenters. The average Bonchev–Trinajstić information content (AvgIpc) is 2.88. The highest BCUT2D eigenvalue weighted by molar-refractivity contribution is 5.97. The van der Waals surface area contributed by atoms with Crippen molar-refractivity contribution in [3.8, 4) is 0 Å². The highest BCUT2D eigenvalue weighted by Crippen LogP contribution is 2.23. The summed E-state index contributed by atoms with van der Waals surface area (Å²) in [5, 5.41) is 2.89. The molecule has 26 heavy (non-hydrogen) atoms. The summed E-state index contributed by atoms with van der Waals surface area (Å²) in [4.78, 5) is 28.9. The van der Waals surface area contributed by atoms with Gasteiger partial charge in [-0.2, -0.15) is 0 Å².